The zero-order valence-electron chi connectivity index (χ0n) is 8.97. The van der Waals surface area contributed by atoms with E-state index in [9.17, 15) is 9.59 Å². The number of aromatic amines is 1. The molecule has 6 nitrogen and oxygen atoms in total. The molecule has 1 aromatic rings. The van der Waals surface area contributed by atoms with E-state index in [-0.39, 0.29) is 18.4 Å². The van der Waals surface area contributed by atoms with Gasteiger partial charge < -0.3 is 10.6 Å². The average molecular weight is 210 g/mol. The van der Waals surface area contributed by atoms with Gasteiger partial charge in [0.15, 0.2) is 5.82 Å². The number of carbonyl (C=O) groups excluding carboxylic acids is 2. The smallest absolute Gasteiger partial charge is 0.244 e. The second kappa shape index (κ2) is 4.59. The van der Waals surface area contributed by atoms with E-state index in [0.717, 1.165) is 11.3 Å². The molecule has 0 aliphatic heterocycles. The van der Waals surface area contributed by atoms with E-state index in [2.05, 4.69) is 20.8 Å². The minimum atomic E-state index is -0.292. The minimum Gasteiger partial charge on any atom is -0.347 e. The van der Waals surface area contributed by atoms with E-state index >= 15 is 0 Å². The molecule has 0 aliphatic carbocycles. The van der Waals surface area contributed by atoms with E-state index in [1.54, 1.807) is 0 Å². The van der Waals surface area contributed by atoms with Crippen molar-refractivity contribution in [3.05, 3.63) is 11.3 Å². The molecule has 0 radical (unpaired) electrons. The highest BCUT2D eigenvalue weighted by atomic mass is 16.2. The summed E-state index contributed by atoms with van der Waals surface area (Å²) in [5.74, 6) is -0.0252. The molecule has 15 heavy (non-hydrogen) atoms. The Morgan fingerprint density at radius 1 is 1.40 bits per heavy atom. The number of nitrogens with one attached hydrogen (secondary N) is 3. The molecule has 0 spiro atoms. The first kappa shape index (κ1) is 11.2. The number of hydrogen-bond donors (Lipinski definition) is 3. The van der Waals surface area contributed by atoms with Crippen LogP contribution in [0.2, 0.25) is 0 Å². The summed E-state index contributed by atoms with van der Waals surface area (Å²) < 4.78 is 0. The van der Waals surface area contributed by atoms with Crippen LogP contribution in [0.15, 0.2) is 0 Å². The highest BCUT2D eigenvalue weighted by molar-refractivity contribution is 5.94. The van der Waals surface area contributed by atoms with Gasteiger partial charge >= 0.3 is 0 Å². The van der Waals surface area contributed by atoms with Crippen molar-refractivity contribution in [2.75, 3.05) is 11.9 Å². The SMILES string of the molecule is CC(=O)NCC(=O)Nc1n[nH]c(C)c1C. The summed E-state index contributed by atoms with van der Waals surface area (Å²) in [7, 11) is 0. The summed E-state index contributed by atoms with van der Waals surface area (Å²) in [6.45, 7) is 5.04. The Bertz CT molecular complexity index is 383. The summed E-state index contributed by atoms with van der Waals surface area (Å²) in [4.78, 5) is 21.9. The molecular formula is C9H14N4O2. The Morgan fingerprint density at radius 3 is 2.53 bits per heavy atom. The van der Waals surface area contributed by atoms with Crippen LogP contribution in [0, 0.1) is 13.8 Å². The summed E-state index contributed by atoms with van der Waals surface area (Å²) >= 11 is 0. The predicted molar refractivity (Wildman–Crippen MR) is 55.4 cm³/mol. The number of nitrogens with zero attached hydrogens (tertiary/aromatic N) is 1. The number of rotatable bonds is 3. The monoisotopic (exact) mass is 210 g/mol. The fourth-order valence-electron chi connectivity index (χ4n) is 0.988. The second-order valence-corrected chi connectivity index (χ2v) is 3.28. The second-order valence-electron chi connectivity index (χ2n) is 3.28. The number of carbonyl (C=O) groups is 2. The molecule has 1 aromatic heterocycles. The molecule has 0 aliphatic rings. The Kier molecular flexibility index (Phi) is 3.43. The highest BCUT2D eigenvalue weighted by Crippen LogP contribution is 2.12. The van der Waals surface area contributed by atoms with E-state index < -0.39 is 0 Å². The molecule has 0 aromatic carbocycles. The number of aromatic nitrogens is 2. The molecule has 1 heterocycles. The van der Waals surface area contributed by atoms with Crippen molar-refractivity contribution in [3.8, 4) is 0 Å². The van der Waals surface area contributed by atoms with Crippen LogP contribution >= 0.6 is 0 Å². The number of H-pyrrole nitrogens is 1. The number of anilines is 1. The Morgan fingerprint density at radius 2 is 2.07 bits per heavy atom. The van der Waals surface area contributed by atoms with Gasteiger partial charge in [-0.25, -0.2) is 0 Å². The van der Waals surface area contributed by atoms with E-state index in [0.29, 0.717) is 5.82 Å². The van der Waals surface area contributed by atoms with Crippen molar-refractivity contribution < 1.29 is 9.59 Å². The molecule has 0 atom stereocenters. The molecule has 0 fully saturated rings. The number of hydrogen-bond acceptors (Lipinski definition) is 3. The van der Waals surface area contributed by atoms with Crippen LogP contribution in [-0.4, -0.2) is 28.6 Å². The Labute approximate surface area is 87.4 Å². The average Bonchev–Trinajstić information content (AvgIpc) is 2.47. The maximum absolute atomic E-state index is 11.3. The van der Waals surface area contributed by atoms with Crippen LogP contribution in [0.25, 0.3) is 0 Å². The van der Waals surface area contributed by atoms with Crippen LogP contribution in [0.3, 0.4) is 0 Å². The van der Waals surface area contributed by atoms with Gasteiger partial charge in [-0.15, -0.1) is 0 Å². The van der Waals surface area contributed by atoms with Crippen LogP contribution in [0.4, 0.5) is 5.82 Å². The lowest BCUT2D eigenvalue weighted by atomic mass is 10.3. The molecule has 82 valence electrons. The van der Waals surface area contributed by atoms with Crippen LogP contribution in [0.5, 0.6) is 0 Å². The first-order valence-electron chi connectivity index (χ1n) is 4.56. The van der Waals surface area contributed by atoms with Gasteiger partial charge in [0.05, 0.1) is 6.54 Å². The lowest BCUT2D eigenvalue weighted by Gasteiger charge is -2.03. The van der Waals surface area contributed by atoms with Crippen molar-refractivity contribution >= 4 is 17.6 Å². The summed E-state index contributed by atoms with van der Waals surface area (Å²) in [6, 6.07) is 0. The van der Waals surface area contributed by atoms with Gasteiger partial charge in [-0.2, -0.15) is 5.10 Å². The van der Waals surface area contributed by atoms with Crippen LogP contribution in [-0.2, 0) is 9.59 Å². The van der Waals surface area contributed by atoms with Gasteiger partial charge in [-0.1, -0.05) is 0 Å². The van der Waals surface area contributed by atoms with E-state index in [1.807, 2.05) is 13.8 Å². The summed E-state index contributed by atoms with van der Waals surface area (Å²) in [5, 5.41) is 11.7. The molecule has 0 saturated carbocycles. The van der Waals surface area contributed by atoms with Gasteiger partial charge in [0.25, 0.3) is 0 Å². The lowest BCUT2D eigenvalue weighted by molar-refractivity contribution is -0.122. The lowest BCUT2D eigenvalue weighted by Crippen LogP contribution is -2.31. The van der Waals surface area contributed by atoms with Gasteiger partial charge in [0.1, 0.15) is 0 Å². The molecular weight excluding hydrogens is 196 g/mol. The van der Waals surface area contributed by atoms with Gasteiger partial charge in [-0.05, 0) is 13.8 Å². The van der Waals surface area contributed by atoms with Gasteiger partial charge in [0, 0.05) is 18.2 Å². The number of aryl methyl sites for hydroxylation is 1. The quantitative estimate of drug-likeness (QED) is 0.661. The topological polar surface area (TPSA) is 86.9 Å². The first-order valence-corrected chi connectivity index (χ1v) is 4.56. The third-order valence-electron chi connectivity index (χ3n) is 2.01. The van der Waals surface area contributed by atoms with Crippen molar-refractivity contribution in [2.24, 2.45) is 0 Å². The molecule has 0 saturated heterocycles. The zero-order chi connectivity index (χ0) is 11.4. The van der Waals surface area contributed by atoms with Crippen molar-refractivity contribution in [1.82, 2.24) is 15.5 Å². The molecule has 3 N–H and O–H groups in total. The largest absolute Gasteiger partial charge is 0.347 e. The molecule has 6 heteroatoms. The van der Waals surface area contributed by atoms with Crippen molar-refractivity contribution in [1.29, 1.82) is 0 Å². The third kappa shape index (κ3) is 3.08. The minimum absolute atomic E-state index is 0.0410. The van der Waals surface area contributed by atoms with Gasteiger partial charge in [-0.3, -0.25) is 14.7 Å². The van der Waals surface area contributed by atoms with Crippen LogP contribution in [0.1, 0.15) is 18.2 Å². The fraction of sp³-hybridized carbons (Fsp3) is 0.444. The molecule has 2 amide bonds. The highest BCUT2D eigenvalue weighted by Gasteiger charge is 2.09. The normalized spacial score (nSPS) is 9.80. The molecule has 0 unspecified atom stereocenters. The summed E-state index contributed by atoms with van der Waals surface area (Å²) in [5.41, 5.74) is 1.80. The first-order chi connectivity index (χ1) is 7.00. The summed E-state index contributed by atoms with van der Waals surface area (Å²) in [6.07, 6.45) is 0. The predicted octanol–water partition coefficient (Wildman–Crippen LogP) is 0.101. The Hall–Kier alpha value is -1.85. The maximum Gasteiger partial charge on any atom is 0.244 e. The molecule has 1 rings (SSSR count). The zero-order valence-corrected chi connectivity index (χ0v) is 8.97. The van der Waals surface area contributed by atoms with Crippen LogP contribution < -0.4 is 10.6 Å². The number of amides is 2. The van der Waals surface area contributed by atoms with Gasteiger partial charge in [0.2, 0.25) is 11.8 Å². The van der Waals surface area contributed by atoms with E-state index in [4.69, 9.17) is 0 Å². The molecule has 0 bridgehead atoms. The van der Waals surface area contributed by atoms with Crippen molar-refractivity contribution in [3.63, 3.8) is 0 Å². The van der Waals surface area contributed by atoms with E-state index in [1.165, 1.54) is 6.92 Å². The third-order valence-corrected chi connectivity index (χ3v) is 2.01. The fourth-order valence-corrected chi connectivity index (χ4v) is 0.988. The Balaban J connectivity index is 2.51. The van der Waals surface area contributed by atoms with Crippen molar-refractivity contribution in [2.45, 2.75) is 20.8 Å². The standard InChI is InChI=1S/C9H14N4O2/c1-5-6(2)12-13-9(5)11-8(15)4-10-7(3)14/h4H2,1-3H3,(H,10,14)(H2,11,12,13,15). The maximum atomic E-state index is 11.3.